The summed E-state index contributed by atoms with van der Waals surface area (Å²) in [5.74, 6) is -1.51. The van der Waals surface area contributed by atoms with Gasteiger partial charge in [0.2, 0.25) is 0 Å². The topological polar surface area (TPSA) is 72.5 Å². The molecule has 2 aromatic rings. The Balaban J connectivity index is 2.33. The molecule has 0 saturated carbocycles. The van der Waals surface area contributed by atoms with Crippen molar-refractivity contribution in [3.63, 3.8) is 0 Å². The van der Waals surface area contributed by atoms with Crippen LogP contribution in [0.2, 0.25) is 0 Å². The Kier molecular flexibility index (Phi) is 3.71. The van der Waals surface area contributed by atoms with Gasteiger partial charge in [-0.3, -0.25) is 0 Å². The van der Waals surface area contributed by atoms with Crippen LogP contribution in [-0.2, 0) is 0 Å². The van der Waals surface area contributed by atoms with Gasteiger partial charge < -0.3 is 15.6 Å². The summed E-state index contributed by atoms with van der Waals surface area (Å²) >= 11 is 3.13. The summed E-state index contributed by atoms with van der Waals surface area (Å²) in [4.78, 5) is 10.9. The maximum Gasteiger partial charge on any atom is 0.337 e. The first-order valence-electron chi connectivity index (χ1n) is 5.23. The number of carbonyl (C=O) groups is 1. The Morgan fingerprint density at radius 1 is 1.26 bits per heavy atom. The first kappa shape index (κ1) is 13.4. The molecule has 3 N–H and O–H groups in total. The van der Waals surface area contributed by atoms with Crippen molar-refractivity contribution in [3.05, 3.63) is 52.3 Å². The molecule has 0 aromatic heterocycles. The lowest BCUT2D eigenvalue weighted by Gasteiger charge is -2.09. The van der Waals surface area contributed by atoms with E-state index in [-0.39, 0.29) is 22.7 Å². The Morgan fingerprint density at radius 3 is 2.63 bits per heavy atom. The number of rotatable bonds is 3. The van der Waals surface area contributed by atoms with E-state index in [0.29, 0.717) is 4.47 Å². The highest BCUT2D eigenvalue weighted by molar-refractivity contribution is 9.10. The quantitative estimate of drug-likeness (QED) is 0.844. The van der Waals surface area contributed by atoms with Crippen molar-refractivity contribution in [2.45, 2.75) is 0 Å². The number of anilines is 1. The molecule has 2 aromatic carbocycles. The van der Waals surface area contributed by atoms with Crippen LogP contribution in [0, 0.1) is 5.82 Å². The van der Waals surface area contributed by atoms with Crippen molar-refractivity contribution in [3.8, 4) is 11.5 Å². The maximum absolute atomic E-state index is 13.6. The maximum atomic E-state index is 13.6. The molecule has 2 rings (SSSR count). The monoisotopic (exact) mass is 325 g/mol. The van der Waals surface area contributed by atoms with Gasteiger partial charge in [-0.2, -0.15) is 0 Å². The number of benzene rings is 2. The van der Waals surface area contributed by atoms with Gasteiger partial charge >= 0.3 is 5.97 Å². The molecule has 0 saturated heterocycles. The van der Waals surface area contributed by atoms with Crippen molar-refractivity contribution in [1.29, 1.82) is 0 Å². The Morgan fingerprint density at radius 2 is 2.00 bits per heavy atom. The van der Waals surface area contributed by atoms with Crippen LogP contribution in [0.5, 0.6) is 11.5 Å². The normalized spacial score (nSPS) is 10.2. The van der Waals surface area contributed by atoms with Gasteiger partial charge in [0.15, 0.2) is 11.6 Å². The SMILES string of the molecule is Nc1ccc(Oc2ccc(Br)cc2F)cc1C(=O)O. The van der Waals surface area contributed by atoms with E-state index in [4.69, 9.17) is 15.6 Å². The average molecular weight is 326 g/mol. The van der Waals surface area contributed by atoms with E-state index >= 15 is 0 Å². The van der Waals surface area contributed by atoms with E-state index in [2.05, 4.69) is 15.9 Å². The fourth-order valence-corrected chi connectivity index (χ4v) is 1.80. The Bertz CT molecular complexity index is 646. The van der Waals surface area contributed by atoms with Gasteiger partial charge in [0.25, 0.3) is 0 Å². The highest BCUT2D eigenvalue weighted by atomic mass is 79.9. The van der Waals surface area contributed by atoms with Crippen molar-refractivity contribution < 1.29 is 19.0 Å². The first-order chi connectivity index (χ1) is 8.97. The third-order valence-electron chi connectivity index (χ3n) is 2.38. The van der Waals surface area contributed by atoms with E-state index in [1.807, 2.05) is 0 Å². The van der Waals surface area contributed by atoms with Crippen LogP contribution in [0.15, 0.2) is 40.9 Å². The molecule has 6 heteroatoms. The van der Waals surface area contributed by atoms with Crippen LogP contribution >= 0.6 is 15.9 Å². The largest absolute Gasteiger partial charge is 0.478 e. The summed E-state index contributed by atoms with van der Waals surface area (Å²) in [6, 6.07) is 8.44. The summed E-state index contributed by atoms with van der Waals surface area (Å²) in [6.07, 6.45) is 0. The van der Waals surface area contributed by atoms with E-state index in [1.54, 1.807) is 6.07 Å². The van der Waals surface area contributed by atoms with Crippen LogP contribution in [0.25, 0.3) is 0 Å². The highest BCUT2D eigenvalue weighted by Crippen LogP contribution is 2.28. The van der Waals surface area contributed by atoms with Crippen LogP contribution < -0.4 is 10.5 Å². The molecular formula is C13H9BrFNO3. The molecule has 19 heavy (non-hydrogen) atoms. The number of carboxylic acid groups (broad SMARTS) is 1. The molecule has 0 unspecified atom stereocenters. The highest BCUT2D eigenvalue weighted by Gasteiger charge is 2.11. The predicted molar refractivity (Wildman–Crippen MR) is 72.0 cm³/mol. The van der Waals surface area contributed by atoms with Crippen LogP contribution in [0.4, 0.5) is 10.1 Å². The number of nitrogen functional groups attached to an aromatic ring is 1. The van der Waals surface area contributed by atoms with E-state index < -0.39 is 11.8 Å². The predicted octanol–water partition coefficient (Wildman–Crippen LogP) is 3.66. The minimum Gasteiger partial charge on any atom is -0.478 e. The first-order valence-corrected chi connectivity index (χ1v) is 6.02. The average Bonchev–Trinajstić information content (AvgIpc) is 2.34. The van der Waals surface area contributed by atoms with Crippen molar-refractivity contribution >= 4 is 27.6 Å². The van der Waals surface area contributed by atoms with E-state index in [0.717, 1.165) is 0 Å². The molecule has 0 radical (unpaired) electrons. The van der Waals surface area contributed by atoms with Gasteiger partial charge in [0, 0.05) is 10.2 Å². The molecule has 0 aliphatic rings. The minimum absolute atomic E-state index is 0.00399. The zero-order chi connectivity index (χ0) is 14.0. The molecule has 0 aliphatic heterocycles. The molecule has 0 spiro atoms. The molecule has 0 bridgehead atoms. The second-order valence-corrected chi connectivity index (χ2v) is 4.65. The third kappa shape index (κ3) is 3.03. The van der Waals surface area contributed by atoms with Crippen molar-refractivity contribution in [1.82, 2.24) is 0 Å². The van der Waals surface area contributed by atoms with Crippen LogP contribution in [0.3, 0.4) is 0 Å². The zero-order valence-corrected chi connectivity index (χ0v) is 11.1. The summed E-state index contributed by atoms with van der Waals surface area (Å²) in [5, 5.41) is 8.93. The molecule has 0 fully saturated rings. The summed E-state index contributed by atoms with van der Waals surface area (Å²) in [6.45, 7) is 0. The van der Waals surface area contributed by atoms with Crippen molar-refractivity contribution in [2.24, 2.45) is 0 Å². The minimum atomic E-state index is -1.17. The molecule has 0 amide bonds. The van der Waals surface area contributed by atoms with Gasteiger partial charge in [-0.05, 0) is 36.4 Å². The van der Waals surface area contributed by atoms with Crippen LogP contribution in [0.1, 0.15) is 10.4 Å². The summed E-state index contributed by atoms with van der Waals surface area (Å²) in [7, 11) is 0. The van der Waals surface area contributed by atoms with E-state index in [9.17, 15) is 9.18 Å². The number of halogens is 2. The number of nitrogens with two attached hydrogens (primary N) is 1. The molecular weight excluding hydrogens is 317 g/mol. The van der Waals surface area contributed by atoms with Gasteiger partial charge in [0.05, 0.1) is 5.56 Å². The van der Waals surface area contributed by atoms with Gasteiger partial charge in [0.1, 0.15) is 5.75 Å². The fraction of sp³-hybridized carbons (Fsp3) is 0. The summed E-state index contributed by atoms with van der Waals surface area (Å²) < 4.78 is 19.5. The summed E-state index contributed by atoms with van der Waals surface area (Å²) in [5.41, 5.74) is 5.55. The molecule has 0 atom stereocenters. The van der Waals surface area contributed by atoms with Gasteiger partial charge in [-0.15, -0.1) is 0 Å². The number of hydrogen-bond donors (Lipinski definition) is 2. The smallest absolute Gasteiger partial charge is 0.337 e. The third-order valence-corrected chi connectivity index (χ3v) is 2.87. The number of aromatic carboxylic acids is 1. The zero-order valence-electron chi connectivity index (χ0n) is 9.56. The Hall–Kier alpha value is -2.08. The molecule has 0 heterocycles. The standard InChI is InChI=1S/C13H9BrFNO3/c14-7-1-4-12(10(15)5-7)19-8-2-3-11(16)9(6-8)13(17)18/h1-6H,16H2,(H,17,18). The van der Waals surface area contributed by atoms with Crippen molar-refractivity contribution in [2.75, 3.05) is 5.73 Å². The fourth-order valence-electron chi connectivity index (χ4n) is 1.47. The lowest BCUT2D eigenvalue weighted by molar-refractivity contribution is 0.0697. The lowest BCUT2D eigenvalue weighted by Crippen LogP contribution is -2.02. The Labute approximate surface area is 116 Å². The number of hydrogen-bond acceptors (Lipinski definition) is 3. The van der Waals surface area contributed by atoms with Crippen LogP contribution in [-0.4, -0.2) is 11.1 Å². The second-order valence-electron chi connectivity index (χ2n) is 3.73. The molecule has 4 nitrogen and oxygen atoms in total. The lowest BCUT2D eigenvalue weighted by atomic mass is 10.2. The molecule has 0 aliphatic carbocycles. The second kappa shape index (κ2) is 5.27. The van der Waals surface area contributed by atoms with Gasteiger partial charge in [-0.1, -0.05) is 15.9 Å². The van der Waals surface area contributed by atoms with Gasteiger partial charge in [-0.25, -0.2) is 9.18 Å². The van der Waals surface area contributed by atoms with E-state index in [1.165, 1.54) is 30.3 Å². The number of ether oxygens (including phenoxy) is 1. The number of carboxylic acids is 1. The molecule has 98 valence electrons.